The Morgan fingerprint density at radius 2 is 1.45 bits per heavy atom. The Morgan fingerprint density at radius 3 is 1.86 bits per heavy atom. The summed E-state index contributed by atoms with van der Waals surface area (Å²) in [4.78, 5) is 11.8. The topological polar surface area (TPSA) is 59.8 Å². The van der Waals surface area contributed by atoms with Gasteiger partial charge < -0.3 is 9.88 Å². The summed E-state index contributed by atoms with van der Waals surface area (Å²) in [7, 11) is 0.978. The molecule has 0 bridgehead atoms. The van der Waals surface area contributed by atoms with Crippen molar-refractivity contribution in [1.82, 2.24) is 14.8 Å². The van der Waals surface area contributed by atoms with E-state index in [1.54, 1.807) is 0 Å². The first-order valence-electron chi connectivity index (χ1n) is 7.28. The summed E-state index contributed by atoms with van der Waals surface area (Å²) in [6.07, 6.45) is -15.0. The summed E-state index contributed by atoms with van der Waals surface area (Å²) < 4.78 is 115. The third-order valence-corrected chi connectivity index (χ3v) is 4.31. The number of carbonyl (C=O) groups is 1. The molecule has 1 heterocycles. The molecular formula is C14H9F9N4OS. The average molecular weight is 452 g/mol. The summed E-state index contributed by atoms with van der Waals surface area (Å²) >= 11 is 0.464. The van der Waals surface area contributed by atoms with Gasteiger partial charge in [0.25, 0.3) is 0 Å². The zero-order valence-electron chi connectivity index (χ0n) is 14.0. The zero-order chi connectivity index (χ0) is 22.2. The first-order chi connectivity index (χ1) is 13.1. The molecule has 0 unspecified atom stereocenters. The molecule has 0 aliphatic carbocycles. The lowest BCUT2D eigenvalue weighted by Gasteiger charge is -2.14. The highest BCUT2D eigenvalue weighted by atomic mass is 32.2. The number of nitrogens with one attached hydrogen (secondary N) is 1. The summed E-state index contributed by atoms with van der Waals surface area (Å²) in [5, 5.41) is 7.67. The van der Waals surface area contributed by atoms with Crippen molar-refractivity contribution in [3.63, 3.8) is 0 Å². The molecule has 2 aromatic rings. The van der Waals surface area contributed by atoms with Gasteiger partial charge in [0.15, 0.2) is 5.16 Å². The highest BCUT2D eigenvalue weighted by molar-refractivity contribution is 7.99. The van der Waals surface area contributed by atoms with E-state index < -0.39 is 52.8 Å². The van der Waals surface area contributed by atoms with Crippen LogP contribution in [-0.4, -0.2) is 26.4 Å². The minimum Gasteiger partial charge on any atom is -0.325 e. The van der Waals surface area contributed by atoms with Crippen molar-refractivity contribution in [2.75, 3.05) is 11.1 Å². The van der Waals surface area contributed by atoms with E-state index in [0.29, 0.717) is 28.5 Å². The summed E-state index contributed by atoms with van der Waals surface area (Å²) in [5.74, 6) is -3.03. The maximum absolute atomic E-state index is 12.8. The molecule has 1 N–H and O–H groups in total. The summed E-state index contributed by atoms with van der Waals surface area (Å²) in [5.41, 5.74) is -4.02. The van der Waals surface area contributed by atoms with E-state index in [-0.39, 0.29) is 11.2 Å². The van der Waals surface area contributed by atoms with Crippen LogP contribution in [-0.2, 0) is 30.4 Å². The predicted molar refractivity (Wildman–Crippen MR) is 81.8 cm³/mol. The van der Waals surface area contributed by atoms with Gasteiger partial charge >= 0.3 is 18.5 Å². The number of anilines is 1. The van der Waals surface area contributed by atoms with Gasteiger partial charge in [0, 0.05) is 12.7 Å². The van der Waals surface area contributed by atoms with Crippen LogP contribution >= 0.6 is 11.8 Å². The van der Waals surface area contributed by atoms with Crippen LogP contribution in [0.1, 0.15) is 17.0 Å². The second-order valence-corrected chi connectivity index (χ2v) is 6.44. The molecule has 160 valence electrons. The number of benzene rings is 1. The normalized spacial score (nSPS) is 12.9. The molecule has 0 saturated carbocycles. The Morgan fingerprint density at radius 1 is 0.931 bits per heavy atom. The van der Waals surface area contributed by atoms with Gasteiger partial charge in [-0.25, -0.2) is 0 Å². The molecular weight excluding hydrogens is 443 g/mol. The Kier molecular flexibility index (Phi) is 6.11. The van der Waals surface area contributed by atoms with Crippen LogP contribution in [0, 0.1) is 0 Å². The van der Waals surface area contributed by atoms with E-state index in [4.69, 9.17) is 0 Å². The van der Waals surface area contributed by atoms with Gasteiger partial charge in [0.05, 0.1) is 16.9 Å². The fraction of sp³-hybridized carbons (Fsp3) is 0.357. The molecule has 0 saturated heterocycles. The minimum absolute atomic E-state index is 0.109. The molecule has 0 atom stereocenters. The number of alkyl halides is 9. The van der Waals surface area contributed by atoms with E-state index in [0.717, 1.165) is 7.05 Å². The minimum atomic E-state index is -5.10. The monoisotopic (exact) mass is 452 g/mol. The molecule has 2 rings (SSSR count). The second kappa shape index (κ2) is 7.76. The predicted octanol–water partition coefficient (Wildman–Crippen LogP) is 4.60. The number of carbonyl (C=O) groups excluding carboxylic acids is 1. The van der Waals surface area contributed by atoms with E-state index in [1.807, 2.05) is 5.32 Å². The third kappa shape index (κ3) is 5.77. The van der Waals surface area contributed by atoms with Gasteiger partial charge in [-0.2, -0.15) is 39.5 Å². The molecule has 0 fully saturated rings. The van der Waals surface area contributed by atoms with Gasteiger partial charge in [-0.05, 0) is 18.2 Å². The maximum Gasteiger partial charge on any atom is 0.451 e. The Hall–Kier alpha value is -2.45. The van der Waals surface area contributed by atoms with Crippen LogP contribution in [0.3, 0.4) is 0 Å². The van der Waals surface area contributed by atoms with Crippen LogP contribution in [0.2, 0.25) is 0 Å². The largest absolute Gasteiger partial charge is 0.451 e. The van der Waals surface area contributed by atoms with Gasteiger partial charge in [0.1, 0.15) is 0 Å². The van der Waals surface area contributed by atoms with E-state index in [1.165, 1.54) is 0 Å². The summed E-state index contributed by atoms with van der Waals surface area (Å²) in [6.45, 7) is 0. The number of rotatable bonds is 4. The number of hydrogen-bond donors (Lipinski definition) is 1. The third-order valence-electron chi connectivity index (χ3n) is 3.29. The van der Waals surface area contributed by atoms with Crippen molar-refractivity contribution in [2.45, 2.75) is 23.7 Å². The van der Waals surface area contributed by atoms with Crippen LogP contribution in [0.15, 0.2) is 23.4 Å². The van der Waals surface area contributed by atoms with Crippen LogP contribution in [0.4, 0.5) is 45.2 Å². The fourth-order valence-electron chi connectivity index (χ4n) is 2.04. The number of aromatic nitrogens is 3. The lowest BCUT2D eigenvalue weighted by atomic mass is 10.1. The Bertz CT molecular complexity index is 870. The van der Waals surface area contributed by atoms with Crippen molar-refractivity contribution < 1.29 is 44.3 Å². The SMILES string of the molecule is Cn1c(SCC(=O)Nc2cc(C(F)(F)F)cc(C(F)(F)F)c2)nnc1C(F)(F)F. The van der Waals surface area contributed by atoms with Crippen LogP contribution in [0.25, 0.3) is 0 Å². The molecule has 0 radical (unpaired) electrons. The number of amides is 1. The molecule has 15 heteroatoms. The van der Waals surface area contributed by atoms with Crippen molar-refractivity contribution >= 4 is 23.4 Å². The molecule has 29 heavy (non-hydrogen) atoms. The van der Waals surface area contributed by atoms with Gasteiger partial charge in [-0.3, -0.25) is 4.79 Å². The van der Waals surface area contributed by atoms with E-state index in [9.17, 15) is 44.3 Å². The highest BCUT2D eigenvalue weighted by Gasteiger charge is 2.38. The molecule has 1 amide bonds. The molecule has 5 nitrogen and oxygen atoms in total. The first-order valence-corrected chi connectivity index (χ1v) is 8.26. The number of halogens is 9. The molecule has 1 aromatic carbocycles. The van der Waals surface area contributed by atoms with Crippen molar-refractivity contribution in [3.05, 3.63) is 35.2 Å². The average Bonchev–Trinajstić information content (AvgIpc) is 2.92. The van der Waals surface area contributed by atoms with Crippen molar-refractivity contribution in [3.8, 4) is 0 Å². The number of nitrogens with zero attached hydrogens (tertiary/aromatic N) is 3. The lowest BCUT2D eigenvalue weighted by Crippen LogP contribution is -2.17. The van der Waals surface area contributed by atoms with Gasteiger partial charge in [-0.1, -0.05) is 11.8 Å². The Balaban J connectivity index is 2.16. The lowest BCUT2D eigenvalue weighted by molar-refractivity contribution is -0.147. The molecule has 1 aromatic heterocycles. The molecule has 0 spiro atoms. The second-order valence-electron chi connectivity index (χ2n) is 5.49. The van der Waals surface area contributed by atoms with Gasteiger partial charge in [0.2, 0.25) is 11.7 Å². The standard InChI is InChI=1S/C14H9F9N4OS/c1-27-10(14(21,22)23)25-26-11(27)29-5-9(28)24-8-3-6(12(15,16)17)2-7(4-8)13(18,19)20/h2-4H,5H2,1H3,(H,24,28). The fourth-order valence-corrected chi connectivity index (χ4v) is 2.75. The molecule has 0 aliphatic heterocycles. The van der Waals surface area contributed by atoms with Crippen LogP contribution < -0.4 is 5.32 Å². The number of thioether (sulfide) groups is 1. The number of hydrogen-bond acceptors (Lipinski definition) is 4. The van der Waals surface area contributed by atoms with Crippen LogP contribution in [0.5, 0.6) is 0 Å². The highest BCUT2D eigenvalue weighted by Crippen LogP contribution is 2.37. The van der Waals surface area contributed by atoms with Crippen molar-refractivity contribution in [2.24, 2.45) is 7.05 Å². The zero-order valence-corrected chi connectivity index (χ0v) is 14.8. The smallest absolute Gasteiger partial charge is 0.325 e. The first kappa shape index (κ1) is 22.8. The van der Waals surface area contributed by atoms with E-state index >= 15 is 0 Å². The Labute approximate surface area is 160 Å². The van der Waals surface area contributed by atoms with Gasteiger partial charge in [-0.15, -0.1) is 10.2 Å². The van der Waals surface area contributed by atoms with E-state index in [2.05, 4.69) is 10.2 Å². The summed E-state index contributed by atoms with van der Waals surface area (Å²) in [6, 6.07) is 0.506. The molecule has 0 aliphatic rings. The van der Waals surface area contributed by atoms with Crippen molar-refractivity contribution in [1.29, 1.82) is 0 Å². The maximum atomic E-state index is 12.8. The quantitative estimate of drug-likeness (QED) is 0.544.